The molecule has 0 bridgehead atoms. The molecule has 21 heavy (non-hydrogen) atoms. The second kappa shape index (κ2) is 9.57. The van der Waals surface area contributed by atoms with Gasteiger partial charge in [-0.05, 0) is 25.3 Å². The number of nitrogens with zero attached hydrogens (tertiary/aromatic N) is 1. The van der Waals surface area contributed by atoms with E-state index >= 15 is 0 Å². The van der Waals surface area contributed by atoms with E-state index in [-0.39, 0.29) is 5.92 Å². The second-order valence-corrected chi connectivity index (χ2v) is 5.87. The molecule has 0 aromatic heterocycles. The highest BCUT2D eigenvalue weighted by Gasteiger charge is 2.20. The summed E-state index contributed by atoms with van der Waals surface area (Å²) in [4.78, 5) is 25.1. The Bertz CT molecular complexity index is 330. The van der Waals surface area contributed by atoms with Crippen LogP contribution in [0.5, 0.6) is 0 Å². The van der Waals surface area contributed by atoms with Crippen LogP contribution < -0.4 is 16.0 Å². The smallest absolute Gasteiger partial charge is 0.326 e. The molecule has 0 saturated carbocycles. The number of hydrogen-bond donors (Lipinski definition) is 4. The van der Waals surface area contributed by atoms with Crippen molar-refractivity contribution >= 4 is 12.0 Å². The summed E-state index contributed by atoms with van der Waals surface area (Å²) in [7, 11) is 0. The Kier molecular flexibility index (Phi) is 8.07. The minimum absolute atomic E-state index is 0.221. The van der Waals surface area contributed by atoms with E-state index < -0.39 is 18.0 Å². The maximum atomic E-state index is 11.7. The predicted octanol–water partition coefficient (Wildman–Crippen LogP) is 0.0802. The fraction of sp³-hybridized carbons (Fsp3) is 0.857. The lowest BCUT2D eigenvalue weighted by Crippen LogP contribution is -2.47. The first kappa shape index (κ1) is 17.7. The maximum Gasteiger partial charge on any atom is 0.326 e. The van der Waals surface area contributed by atoms with Crippen LogP contribution in [0.2, 0.25) is 0 Å². The van der Waals surface area contributed by atoms with Gasteiger partial charge in [-0.1, -0.05) is 13.8 Å². The van der Waals surface area contributed by atoms with Crippen LogP contribution >= 0.6 is 0 Å². The van der Waals surface area contributed by atoms with Crippen molar-refractivity contribution in [2.45, 2.75) is 32.7 Å². The summed E-state index contributed by atoms with van der Waals surface area (Å²) in [6, 6.07) is -1.22. The molecule has 1 fully saturated rings. The molecule has 2 amide bonds. The molecule has 1 aliphatic heterocycles. The number of carbonyl (C=O) groups excluding carboxylic acids is 1. The molecule has 1 heterocycles. The van der Waals surface area contributed by atoms with E-state index in [4.69, 9.17) is 5.11 Å². The van der Waals surface area contributed by atoms with Crippen LogP contribution in [0.1, 0.15) is 26.7 Å². The van der Waals surface area contributed by atoms with Crippen molar-refractivity contribution in [1.82, 2.24) is 20.9 Å². The normalized spacial score (nSPS) is 17.5. The maximum absolute atomic E-state index is 11.7. The lowest BCUT2D eigenvalue weighted by Gasteiger charge is -2.27. The topological polar surface area (TPSA) is 93.7 Å². The molecule has 1 unspecified atom stereocenters. The lowest BCUT2D eigenvalue weighted by molar-refractivity contribution is -0.139. The quantitative estimate of drug-likeness (QED) is 0.476. The number of piperazine rings is 1. The van der Waals surface area contributed by atoms with Gasteiger partial charge in [0.25, 0.3) is 0 Å². The van der Waals surface area contributed by atoms with Crippen LogP contribution in [0.25, 0.3) is 0 Å². The molecule has 122 valence electrons. The van der Waals surface area contributed by atoms with Crippen molar-refractivity contribution in [3.8, 4) is 0 Å². The Morgan fingerprint density at radius 2 is 1.95 bits per heavy atom. The summed E-state index contributed by atoms with van der Waals surface area (Å²) in [5.74, 6) is -0.765. The fourth-order valence-electron chi connectivity index (χ4n) is 2.34. The van der Waals surface area contributed by atoms with Crippen molar-refractivity contribution in [3.63, 3.8) is 0 Å². The van der Waals surface area contributed by atoms with Gasteiger partial charge < -0.3 is 26.0 Å². The highest BCUT2D eigenvalue weighted by molar-refractivity contribution is 5.82. The molecule has 0 radical (unpaired) electrons. The standard InChI is InChI=1S/C14H28N4O3/c1-11(2)10-12(13(19)20)17-14(21)16-4-3-7-18-8-5-15-6-9-18/h11-12,15H,3-10H2,1-2H3,(H,19,20)(H2,16,17,21). The number of nitrogens with one attached hydrogen (secondary N) is 3. The van der Waals surface area contributed by atoms with E-state index in [0.717, 1.165) is 39.1 Å². The van der Waals surface area contributed by atoms with Gasteiger partial charge in [0.2, 0.25) is 0 Å². The molecule has 0 spiro atoms. The van der Waals surface area contributed by atoms with Gasteiger partial charge >= 0.3 is 12.0 Å². The van der Waals surface area contributed by atoms with E-state index in [1.807, 2.05) is 13.8 Å². The molecule has 0 aromatic carbocycles. The molecule has 7 nitrogen and oxygen atoms in total. The SMILES string of the molecule is CC(C)CC(NC(=O)NCCCN1CCNCC1)C(=O)O. The van der Waals surface area contributed by atoms with Gasteiger partial charge in [-0.3, -0.25) is 0 Å². The van der Waals surface area contributed by atoms with Crippen LogP contribution in [0.3, 0.4) is 0 Å². The van der Waals surface area contributed by atoms with Crippen molar-refractivity contribution < 1.29 is 14.7 Å². The van der Waals surface area contributed by atoms with Crippen molar-refractivity contribution in [3.05, 3.63) is 0 Å². The van der Waals surface area contributed by atoms with Crippen molar-refractivity contribution in [2.24, 2.45) is 5.92 Å². The van der Waals surface area contributed by atoms with Crippen molar-refractivity contribution in [2.75, 3.05) is 39.3 Å². The number of hydrogen-bond acceptors (Lipinski definition) is 4. The van der Waals surface area contributed by atoms with E-state index in [0.29, 0.717) is 13.0 Å². The molecule has 7 heteroatoms. The predicted molar refractivity (Wildman–Crippen MR) is 81.3 cm³/mol. The van der Waals surface area contributed by atoms with E-state index in [2.05, 4.69) is 20.9 Å². The van der Waals surface area contributed by atoms with E-state index in [9.17, 15) is 9.59 Å². The zero-order chi connectivity index (χ0) is 15.7. The zero-order valence-electron chi connectivity index (χ0n) is 13.0. The summed E-state index contributed by atoms with van der Waals surface area (Å²) in [5.41, 5.74) is 0. The number of rotatable bonds is 8. The summed E-state index contributed by atoms with van der Waals surface area (Å²) in [5, 5.41) is 17.6. The number of carbonyl (C=O) groups is 2. The first-order valence-electron chi connectivity index (χ1n) is 7.69. The minimum Gasteiger partial charge on any atom is -0.480 e. The Morgan fingerprint density at radius 3 is 2.52 bits per heavy atom. The fourth-order valence-corrected chi connectivity index (χ4v) is 2.34. The summed E-state index contributed by atoms with van der Waals surface area (Å²) < 4.78 is 0. The largest absolute Gasteiger partial charge is 0.480 e. The van der Waals surface area contributed by atoms with Gasteiger partial charge in [0, 0.05) is 32.7 Å². The van der Waals surface area contributed by atoms with Gasteiger partial charge in [-0.25, -0.2) is 9.59 Å². The second-order valence-electron chi connectivity index (χ2n) is 5.87. The van der Waals surface area contributed by atoms with E-state index in [1.54, 1.807) is 0 Å². The molecule has 4 N–H and O–H groups in total. The van der Waals surface area contributed by atoms with Crippen LogP contribution in [0.4, 0.5) is 4.79 Å². The summed E-state index contributed by atoms with van der Waals surface area (Å²) in [6.07, 6.45) is 1.30. The molecule has 0 aromatic rings. The third-order valence-electron chi connectivity index (χ3n) is 3.46. The number of carboxylic acids is 1. The molecule has 1 atom stereocenters. The first-order chi connectivity index (χ1) is 9.99. The Hall–Kier alpha value is -1.34. The number of amides is 2. The molecular formula is C14H28N4O3. The monoisotopic (exact) mass is 300 g/mol. The lowest BCUT2D eigenvalue weighted by atomic mass is 10.0. The molecular weight excluding hydrogens is 272 g/mol. The average molecular weight is 300 g/mol. The highest BCUT2D eigenvalue weighted by atomic mass is 16.4. The molecule has 1 rings (SSSR count). The summed E-state index contributed by atoms with van der Waals surface area (Å²) in [6.45, 7) is 9.50. The molecule has 1 saturated heterocycles. The average Bonchev–Trinajstić information content (AvgIpc) is 2.43. The summed E-state index contributed by atoms with van der Waals surface area (Å²) >= 11 is 0. The van der Waals surface area contributed by atoms with Gasteiger partial charge in [-0.15, -0.1) is 0 Å². The van der Waals surface area contributed by atoms with Crippen LogP contribution in [0.15, 0.2) is 0 Å². The number of urea groups is 1. The number of carboxylic acid groups (broad SMARTS) is 1. The van der Waals surface area contributed by atoms with Gasteiger partial charge in [-0.2, -0.15) is 0 Å². The highest BCUT2D eigenvalue weighted by Crippen LogP contribution is 2.04. The van der Waals surface area contributed by atoms with Crippen molar-refractivity contribution in [1.29, 1.82) is 0 Å². The Labute approximate surface area is 126 Å². The first-order valence-corrected chi connectivity index (χ1v) is 7.69. The molecule has 0 aliphatic carbocycles. The van der Waals surface area contributed by atoms with E-state index in [1.165, 1.54) is 0 Å². The number of aliphatic carboxylic acids is 1. The van der Waals surface area contributed by atoms with Gasteiger partial charge in [0.15, 0.2) is 0 Å². The third kappa shape index (κ3) is 7.87. The van der Waals surface area contributed by atoms with Gasteiger partial charge in [0.05, 0.1) is 0 Å². The van der Waals surface area contributed by atoms with Crippen LogP contribution in [-0.4, -0.2) is 67.3 Å². The minimum atomic E-state index is -0.986. The Morgan fingerprint density at radius 1 is 1.29 bits per heavy atom. The van der Waals surface area contributed by atoms with Gasteiger partial charge in [0.1, 0.15) is 6.04 Å². The molecule has 1 aliphatic rings. The Balaban J connectivity index is 2.15. The van der Waals surface area contributed by atoms with Crippen LogP contribution in [0, 0.1) is 5.92 Å². The zero-order valence-corrected chi connectivity index (χ0v) is 13.0. The third-order valence-corrected chi connectivity index (χ3v) is 3.46. The van der Waals surface area contributed by atoms with Crippen LogP contribution in [-0.2, 0) is 4.79 Å².